The van der Waals surface area contributed by atoms with Crippen molar-refractivity contribution >= 4 is 17.3 Å². The van der Waals surface area contributed by atoms with Crippen LogP contribution in [0.3, 0.4) is 0 Å². The van der Waals surface area contributed by atoms with Crippen molar-refractivity contribution in [3.8, 4) is 0 Å². The molecule has 0 aliphatic heterocycles. The molecule has 17 heavy (non-hydrogen) atoms. The normalized spacial score (nSPS) is 14.6. The number of aromatic nitrogens is 2. The van der Waals surface area contributed by atoms with E-state index in [1.807, 2.05) is 20.8 Å². The van der Waals surface area contributed by atoms with Crippen LogP contribution in [0.1, 0.15) is 44.5 Å². The molecular formula is C11H18ClN3O2. The van der Waals surface area contributed by atoms with Crippen LogP contribution in [-0.4, -0.2) is 20.1 Å². The van der Waals surface area contributed by atoms with Gasteiger partial charge in [0.05, 0.1) is 4.92 Å². The Morgan fingerprint density at radius 3 is 2.53 bits per heavy atom. The molecule has 0 aromatic carbocycles. The molecule has 0 N–H and O–H groups in total. The van der Waals surface area contributed by atoms with Crippen molar-refractivity contribution in [2.75, 3.05) is 0 Å². The van der Waals surface area contributed by atoms with E-state index in [1.165, 1.54) is 0 Å². The summed E-state index contributed by atoms with van der Waals surface area (Å²) in [6.07, 6.45) is 0.772. The fraction of sp³-hybridized carbons (Fsp3) is 0.727. The number of alkyl halides is 1. The van der Waals surface area contributed by atoms with Gasteiger partial charge in [0.1, 0.15) is 11.4 Å². The smallest absolute Gasteiger partial charge is 0.262 e. The van der Waals surface area contributed by atoms with Gasteiger partial charge in [0.2, 0.25) is 0 Å². The lowest BCUT2D eigenvalue weighted by Crippen LogP contribution is -2.15. The third-order valence-electron chi connectivity index (χ3n) is 2.98. The number of aryl methyl sites for hydroxylation is 2. The predicted octanol–water partition coefficient (Wildman–Crippen LogP) is 3.24. The molecule has 5 nitrogen and oxygen atoms in total. The van der Waals surface area contributed by atoms with Crippen LogP contribution in [-0.2, 0) is 6.54 Å². The summed E-state index contributed by atoms with van der Waals surface area (Å²) in [5.41, 5.74) is 1.20. The molecule has 1 aromatic rings. The van der Waals surface area contributed by atoms with Crippen LogP contribution in [0.15, 0.2) is 0 Å². The number of rotatable bonds is 5. The standard InChI is InChI=1S/C11H18ClN3O2/c1-5-9(12)7(3)10-11(15(16)17)8(4)13-14(10)6-2/h7,9H,5-6H2,1-4H3. The van der Waals surface area contributed by atoms with Gasteiger partial charge in [-0.1, -0.05) is 13.8 Å². The van der Waals surface area contributed by atoms with E-state index in [-0.39, 0.29) is 21.9 Å². The van der Waals surface area contributed by atoms with Gasteiger partial charge in [-0.3, -0.25) is 14.8 Å². The van der Waals surface area contributed by atoms with Crippen molar-refractivity contribution < 1.29 is 4.92 Å². The number of hydrogen-bond donors (Lipinski definition) is 0. The Morgan fingerprint density at radius 1 is 1.53 bits per heavy atom. The monoisotopic (exact) mass is 259 g/mol. The molecular weight excluding hydrogens is 242 g/mol. The summed E-state index contributed by atoms with van der Waals surface area (Å²) in [6, 6.07) is 0. The van der Waals surface area contributed by atoms with Crippen molar-refractivity contribution in [2.45, 2.75) is 52.0 Å². The highest BCUT2D eigenvalue weighted by atomic mass is 35.5. The van der Waals surface area contributed by atoms with E-state index in [9.17, 15) is 10.1 Å². The summed E-state index contributed by atoms with van der Waals surface area (Å²) in [5.74, 6) is -0.0804. The summed E-state index contributed by atoms with van der Waals surface area (Å²) in [6.45, 7) is 8.08. The van der Waals surface area contributed by atoms with Crippen molar-refractivity contribution in [3.05, 3.63) is 21.5 Å². The summed E-state index contributed by atoms with van der Waals surface area (Å²) >= 11 is 6.20. The van der Waals surface area contributed by atoms with E-state index in [0.717, 1.165) is 6.42 Å². The van der Waals surface area contributed by atoms with E-state index in [2.05, 4.69) is 5.10 Å². The minimum Gasteiger partial charge on any atom is -0.262 e. The number of halogens is 1. The topological polar surface area (TPSA) is 61.0 Å². The van der Waals surface area contributed by atoms with Crippen molar-refractivity contribution in [3.63, 3.8) is 0 Å². The van der Waals surface area contributed by atoms with Gasteiger partial charge in [0.15, 0.2) is 0 Å². The van der Waals surface area contributed by atoms with Crippen LogP contribution in [0.2, 0.25) is 0 Å². The zero-order valence-corrected chi connectivity index (χ0v) is 11.4. The molecule has 0 aliphatic carbocycles. The molecule has 2 atom stereocenters. The lowest BCUT2D eigenvalue weighted by Gasteiger charge is -2.16. The van der Waals surface area contributed by atoms with Crippen molar-refractivity contribution in [1.29, 1.82) is 0 Å². The lowest BCUT2D eigenvalue weighted by molar-refractivity contribution is -0.386. The number of nitro groups is 1. The Labute approximate surface area is 106 Å². The van der Waals surface area contributed by atoms with Crippen LogP contribution in [0.5, 0.6) is 0 Å². The highest BCUT2D eigenvalue weighted by Gasteiger charge is 2.31. The second-order valence-electron chi connectivity index (χ2n) is 4.11. The van der Waals surface area contributed by atoms with Crippen LogP contribution >= 0.6 is 11.6 Å². The lowest BCUT2D eigenvalue weighted by atomic mass is 10.00. The van der Waals surface area contributed by atoms with Gasteiger partial charge in [0.25, 0.3) is 0 Å². The maximum atomic E-state index is 11.1. The molecule has 96 valence electrons. The third-order valence-corrected chi connectivity index (χ3v) is 3.67. The van der Waals surface area contributed by atoms with Crippen LogP contribution in [0, 0.1) is 17.0 Å². The summed E-state index contributed by atoms with van der Waals surface area (Å²) in [7, 11) is 0. The van der Waals surface area contributed by atoms with E-state index in [0.29, 0.717) is 17.9 Å². The zero-order chi connectivity index (χ0) is 13.2. The first kappa shape index (κ1) is 14.0. The Balaban J connectivity index is 3.32. The molecule has 1 heterocycles. The molecule has 2 unspecified atom stereocenters. The molecule has 0 bridgehead atoms. The molecule has 0 fully saturated rings. The third kappa shape index (κ3) is 2.60. The fourth-order valence-electron chi connectivity index (χ4n) is 2.03. The minimum absolute atomic E-state index is 0.0804. The van der Waals surface area contributed by atoms with Crippen molar-refractivity contribution in [1.82, 2.24) is 9.78 Å². The molecule has 0 spiro atoms. The van der Waals surface area contributed by atoms with E-state index in [1.54, 1.807) is 11.6 Å². The van der Waals surface area contributed by atoms with E-state index in [4.69, 9.17) is 11.6 Å². The molecule has 0 aliphatic rings. The molecule has 6 heteroatoms. The summed E-state index contributed by atoms with van der Waals surface area (Å²) in [4.78, 5) is 10.7. The minimum atomic E-state index is -0.362. The van der Waals surface area contributed by atoms with Crippen molar-refractivity contribution in [2.24, 2.45) is 0 Å². The molecule has 0 amide bonds. The molecule has 1 aromatic heterocycles. The van der Waals surface area contributed by atoms with Crippen LogP contribution in [0.25, 0.3) is 0 Å². The maximum Gasteiger partial charge on any atom is 0.313 e. The van der Waals surface area contributed by atoms with Crippen LogP contribution in [0.4, 0.5) is 5.69 Å². The molecule has 1 rings (SSSR count). The number of hydrogen-bond acceptors (Lipinski definition) is 3. The van der Waals surface area contributed by atoms with Gasteiger partial charge in [0, 0.05) is 17.8 Å². The summed E-state index contributed by atoms with van der Waals surface area (Å²) < 4.78 is 1.68. The van der Waals surface area contributed by atoms with E-state index >= 15 is 0 Å². The Morgan fingerprint density at radius 2 is 2.12 bits per heavy atom. The SMILES string of the molecule is CCC(Cl)C(C)c1c([N+](=O)[O-])c(C)nn1CC. The fourth-order valence-corrected chi connectivity index (χ4v) is 2.15. The first-order chi connectivity index (χ1) is 7.93. The maximum absolute atomic E-state index is 11.1. The molecule has 0 radical (unpaired) electrons. The van der Waals surface area contributed by atoms with Crippen LogP contribution < -0.4 is 0 Å². The number of nitrogens with zero attached hydrogens (tertiary/aromatic N) is 3. The average Bonchev–Trinajstić information content (AvgIpc) is 2.63. The van der Waals surface area contributed by atoms with Gasteiger partial charge < -0.3 is 0 Å². The first-order valence-electron chi connectivity index (χ1n) is 5.79. The Hall–Kier alpha value is -1.10. The molecule has 0 saturated carbocycles. The highest BCUT2D eigenvalue weighted by molar-refractivity contribution is 6.21. The first-order valence-corrected chi connectivity index (χ1v) is 6.23. The Kier molecular flexibility index (Phi) is 4.51. The average molecular weight is 260 g/mol. The quantitative estimate of drug-likeness (QED) is 0.463. The van der Waals surface area contributed by atoms with Gasteiger partial charge >= 0.3 is 5.69 Å². The summed E-state index contributed by atoms with van der Waals surface area (Å²) in [5, 5.41) is 15.2. The van der Waals surface area contributed by atoms with Gasteiger partial charge in [-0.2, -0.15) is 5.10 Å². The largest absolute Gasteiger partial charge is 0.313 e. The second-order valence-corrected chi connectivity index (χ2v) is 4.67. The highest BCUT2D eigenvalue weighted by Crippen LogP contribution is 2.34. The Bertz CT molecular complexity index is 417. The predicted molar refractivity (Wildman–Crippen MR) is 67.6 cm³/mol. The van der Waals surface area contributed by atoms with E-state index < -0.39 is 0 Å². The van der Waals surface area contributed by atoms with Gasteiger partial charge in [-0.25, -0.2) is 0 Å². The van der Waals surface area contributed by atoms with Gasteiger partial charge in [-0.15, -0.1) is 11.6 Å². The molecule has 0 saturated heterocycles. The zero-order valence-electron chi connectivity index (χ0n) is 10.6. The van der Waals surface area contributed by atoms with Gasteiger partial charge in [-0.05, 0) is 20.3 Å². The second kappa shape index (κ2) is 5.49.